The molecule has 4 heteroatoms. The first-order valence-electron chi connectivity index (χ1n) is 6.56. The summed E-state index contributed by atoms with van der Waals surface area (Å²) in [6, 6.07) is 6.76. The predicted molar refractivity (Wildman–Crippen MR) is 79.6 cm³/mol. The number of ether oxygens (including phenoxy) is 1. The largest absolute Gasteiger partial charge is 0.497 e. The molecule has 2 rings (SSSR count). The van der Waals surface area contributed by atoms with E-state index in [1.807, 2.05) is 6.07 Å². The van der Waals surface area contributed by atoms with Crippen molar-refractivity contribution in [3.63, 3.8) is 0 Å². The van der Waals surface area contributed by atoms with E-state index in [-0.39, 0.29) is 0 Å². The Morgan fingerprint density at radius 2 is 2.33 bits per heavy atom. The molecule has 1 aromatic carbocycles. The van der Waals surface area contributed by atoms with Crippen LogP contribution in [0.1, 0.15) is 19.8 Å². The van der Waals surface area contributed by atoms with Crippen LogP contribution < -0.4 is 15.0 Å². The zero-order chi connectivity index (χ0) is 13.0. The summed E-state index contributed by atoms with van der Waals surface area (Å²) in [5.74, 6) is 0.915. The van der Waals surface area contributed by atoms with Crippen LogP contribution in [0.3, 0.4) is 0 Å². The van der Waals surface area contributed by atoms with Gasteiger partial charge in [-0.05, 0) is 47.4 Å². The van der Waals surface area contributed by atoms with Gasteiger partial charge < -0.3 is 15.0 Å². The fourth-order valence-corrected chi connectivity index (χ4v) is 2.85. The highest BCUT2D eigenvalue weighted by molar-refractivity contribution is 9.10. The molecule has 18 heavy (non-hydrogen) atoms. The van der Waals surface area contributed by atoms with Crippen molar-refractivity contribution < 1.29 is 4.74 Å². The third-order valence-corrected chi connectivity index (χ3v) is 4.04. The van der Waals surface area contributed by atoms with Gasteiger partial charge in [-0.25, -0.2) is 0 Å². The average Bonchev–Trinajstić information content (AvgIpc) is 2.85. The summed E-state index contributed by atoms with van der Waals surface area (Å²) in [7, 11) is 1.71. The first-order valence-corrected chi connectivity index (χ1v) is 7.35. The molecule has 1 fully saturated rings. The Hall–Kier alpha value is -0.740. The van der Waals surface area contributed by atoms with Gasteiger partial charge in [-0.15, -0.1) is 0 Å². The number of anilines is 1. The van der Waals surface area contributed by atoms with E-state index >= 15 is 0 Å². The predicted octanol–water partition coefficient (Wildman–Crippen LogP) is 3.04. The van der Waals surface area contributed by atoms with Crippen molar-refractivity contribution in [1.82, 2.24) is 5.32 Å². The molecule has 100 valence electrons. The molecule has 0 bridgehead atoms. The number of hydrogen-bond acceptors (Lipinski definition) is 3. The maximum Gasteiger partial charge on any atom is 0.121 e. The fraction of sp³-hybridized carbons (Fsp3) is 0.571. The van der Waals surface area contributed by atoms with Gasteiger partial charge in [0.2, 0.25) is 0 Å². The molecule has 1 aromatic rings. The maximum atomic E-state index is 5.30. The minimum Gasteiger partial charge on any atom is -0.497 e. The van der Waals surface area contributed by atoms with Gasteiger partial charge in [0.15, 0.2) is 0 Å². The minimum atomic E-state index is 0.614. The Balaban J connectivity index is 2.04. The Bertz CT molecular complexity index is 397. The second-order valence-corrected chi connectivity index (χ2v) is 5.56. The van der Waals surface area contributed by atoms with Crippen molar-refractivity contribution in [1.29, 1.82) is 0 Å². The van der Waals surface area contributed by atoms with Crippen molar-refractivity contribution in [2.75, 3.05) is 31.6 Å². The molecule has 3 nitrogen and oxygen atoms in total. The molecule has 1 atom stereocenters. The van der Waals surface area contributed by atoms with Gasteiger partial charge >= 0.3 is 0 Å². The Morgan fingerprint density at radius 1 is 1.50 bits per heavy atom. The molecule has 0 radical (unpaired) electrons. The molecule has 0 spiro atoms. The van der Waals surface area contributed by atoms with Gasteiger partial charge in [0.1, 0.15) is 5.75 Å². The number of nitrogens with one attached hydrogen (secondary N) is 1. The number of hydrogen-bond donors (Lipinski definition) is 1. The molecule has 1 aliphatic rings. The van der Waals surface area contributed by atoms with Crippen LogP contribution >= 0.6 is 15.9 Å². The smallest absolute Gasteiger partial charge is 0.121 e. The van der Waals surface area contributed by atoms with E-state index in [1.54, 1.807) is 7.11 Å². The van der Waals surface area contributed by atoms with E-state index in [0.29, 0.717) is 6.04 Å². The highest BCUT2D eigenvalue weighted by atomic mass is 79.9. The van der Waals surface area contributed by atoms with Crippen molar-refractivity contribution in [3.05, 3.63) is 22.7 Å². The minimum absolute atomic E-state index is 0.614. The van der Waals surface area contributed by atoms with E-state index in [0.717, 1.165) is 29.9 Å². The van der Waals surface area contributed by atoms with Crippen LogP contribution in [0, 0.1) is 0 Å². The van der Waals surface area contributed by atoms with E-state index in [4.69, 9.17) is 4.74 Å². The lowest BCUT2D eigenvalue weighted by molar-refractivity contribution is 0.414. The normalized spacial score (nSPS) is 19.3. The summed E-state index contributed by atoms with van der Waals surface area (Å²) in [4.78, 5) is 2.42. The van der Waals surface area contributed by atoms with Crippen molar-refractivity contribution in [3.8, 4) is 5.75 Å². The average molecular weight is 313 g/mol. The second-order valence-electron chi connectivity index (χ2n) is 4.70. The number of benzene rings is 1. The lowest BCUT2D eigenvalue weighted by atomic mass is 10.2. The topological polar surface area (TPSA) is 24.5 Å². The summed E-state index contributed by atoms with van der Waals surface area (Å²) in [5, 5.41) is 3.59. The van der Waals surface area contributed by atoms with Crippen molar-refractivity contribution >= 4 is 21.6 Å². The van der Waals surface area contributed by atoms with Gasteiger partial charge in [-0.1, -0.05) is 6.92 Å². The lowest BCUT2D eigenvalue weighted by Gasteiger charge is -2.21. The summed E-state index contributed by atoms with van der Waals surface area (Å²) in [6.45, 7) is 5.50. The van der Waals surface area contributed by atoms with Gasteiger partial charge in [0.05, 0.1) is 12.8 Å². The van der Waals surface area contributed by atoms with E-state index in [9.17, 15) is 0 Å². The second kappa shape index (κ2) is 6.43. The molecule has 1 heterocycles. The summed E-state index contributed by atoms with van der Waals surface area (Å²) >= 11 is 3.62. The molecule has 1 saturated heterocycles. The molecule has 0 saturated carbocycles. The summed E-state index contributed by atoms with van der Waals surface area (Å²) in [6.07, 6.45) is 2.41. The van der Waals surface area contributed by atoms with Crippen molar-refractivity contribution in [2.24, 2.45) is 0 Å². The molecule has 1 N–H and O–H groups in total. The summed E-state index contributed by atoms with van der Waals surface area (Å²) < 4.78 is 6.44. The Labute approximate surface area is 118 Å². The first-order chi connectivity index (χ1) is 8.74. The fourth-order valence-electron chi connectivity index (χ4n) is 2.36. The van der Waals surface area contributed by atoms with Gasteiger partial charge in [-0.2, -0.15) is 0 Å². The molecule has 1 aliphatic heterocycles. The highest BCUT2D eigenvalue weighted by Gasteiger charge is 2.23. The van der Waals surface area contributed by atoms with Crippen LogP contribution in [0.4, 0.5) is 5.69 Å². The molecule has 1 unspecified atom stereocenters. The van der Waals surface area contributed by atoms with Crippen LogP contribution in [0.2, 0.25) is 0 Å². The van der Waals surface area contributed by atoms with E-state index < -0.39 is 0 Å². The van der Waals surface area contributed by atoms with Crippen LogP contribution in [0.15, 0.2) is 22.7 Å². The van der Waals surface area contributed by atoms with Crippen molar-refractivity contribution in [2.45, 2.75) is 25.8 Å². The van der Waals surface area contributed by atoms with Crippen LogP contribution in [0.5, 0.6) is 5.75 Å². The van der Waals surface area contributed by atoms with Crippen LogP contribution in [-0.2, 0) is 0 Å². The SMILES string of the molecule is CCCNC1CCN(c2cc(OC)ccc2Br)C1. The van der Waals surface area contributed by atoms with Crippen LogP contribution in [0.25, 0.3) is 0 Å². The van der Waals surface area contributed by atoms with E-state index in [1.165, 1.54) is 18.5 Å². The summed E-state index contributed by atoms with van der Waals surface area (Å²) in [5.41, 5.74) is 1.23. The van der Waals surface area contributed by atoms with E-state index in [2.05, 4.69) is 45.2 Å². The molecular formula is C14H21BrN2O. The number of rotatable bonds is 5. The van der Waals surface area contributed by atoms with Gasteiger partial charge in [0.25, 0.3) is 0 Å². The quantitative estimate of drug-likeness (QED) is 0.904. The Kier molecular flexibility index (Phi) is 4.89. The monoisotopic (exact) mass is 312 g/mol. The number of halogens is 1. The maximum absolute atomic E-state index is 5.30. The standard InChI is InChI=1S/C14H21BrN2O/c1-3-7-16-11-6-8-17(10-11)14-9-12(18-2)4-5-13(14)15/h4-5,9,11,16H,3,6-8,10H2,1-2H3. The molecule has 0 amide bonds. The highest BCUT2D eigenvalue weighted by Crippen LogP contribution is 2.32. The third kappa shape index (κ3) is 3.18. The molecule has 0 aromatic heterocycles. The van der Waals surface area contributed by atoms with Crippen LogP contribution in [-0.4, -0.2) is 32.8 Å². The number of methoxy groups -OCH3 is 1. The molecule has 0 aliphatic carbocycles. The first kappa shape index (κ1) is 13.7. The number of nitrogens with zero attached hydrogens (tertiary/aromatic N) is 1. The lowest BCUT2D eigenvalue weighted by Crippen LogP contribution is -2.33. The van der Waals surface area contributed by atoms with Gasteiger partial charge in [0, 0.05) is 29.7 Å². The third-order valence-electron chi connectivity index (χ3n) is 3.37. The Morgan fingerprint density at radius 3 is 3.06 bits per heavy atom. The molecular weight excluding hydrogens is 292 g/mol. The zero-order valence-electron chi connectivity index (χ0n) is 11.1. The zero-order valence-corrected chi connectivity index (χ0v) is 12.7. The van der Waals surface area contributed by atoms with Gasteiger partial charge in [-0.3, -0.25) is 0 Å².